The van der Waals surface area contributed by atoms with Crippen LogP contribution in [0.15, 0.2) is 24.3 Å². The van der Waals surface area contributed by atoms with Crippen molar-refractivity contribution in [1.82, 2.24) is 4.90 Å². The Morgan fingerprint density at radius 3 is 2.65 bits per heavy atom. The van der Waals surface area contributed by atoms with Gasteiger partial charge in [0.1, 0.15) is 5.82 Å². The van der Waals surface area contributed by atoms with Gasteiger partial charge in [-0.05, 0) is 36.8 Å². The van der Waals surface area contributed by atoms with Crippen LogP contribution in [-0.4, -0.2) is 37.1 Å². The summed E-state index contributed by atoms with van der Waals surface area (Å²) in [5.41, 5.74) is 0.692. The van der Waals surface area contributed by atoms with E-state index in [2.05, 4.69) is 0 Å². The van der Waals surface area contributed by atoms with Crippen molar-refractivity contribution in [2.75, 3.05) is 20.2 Å². The first-order chi connectivity index (χ1) is 9.70. The van der Waals surface area contributed by atoms with Crippen LogP contribution in [0.2, 0.25) is 0 Å². The summed E-state index contributed by atoms with van der Waals surface area (Å²) >= 11 is 0. The minimum atomic E-state index is -0.189. The molecule has 1 aromatic carbocycles. The van der Waals surface area contributed by atoms with Crippen molar-refractivity contribution in [2.45, 2.75) is 31.3 Å². The second-order valence-electron chi connectivity index (χ2n) is 5.73. The Balaban J connectivity index is 1.60. The fraction of sp³-hybridized carbons (Fsp3) is 0.562. The number of nitrogens with zero attached hydrogens (tertiary/aromatic N) is 1. The topological polar surface area (TPSA) is 29.5 Å². The molecule has 4 heteroatoms. The quantitative estimate of drug-likeness (QED) is 0.850. The van der Waals surface area contributed by atoms with Gasteiger partial charge >= 0.3 is 0 Å². The Labute approximate surface area is 118 Å². The molecule has 2 fully saturated rings. The van der Waals surface area contributed by atoms with Crippen molar-refractivity contribution in [3.05, 3.63) is 35.6 Å². The lowest BCUT2D eigenvalue weighted by Crippen LogP contribution is -2.41. The van der Waals surface area contributed by atoms with Crippen LogP contribution in [0.3, 0.4) is 0 Å². The molecule has 1 saturated heterocycles. The second-order valence-corrected chi connectivity index (χ2v) is 5.73. The number of piperidine rings is 1. The van der Waals surface area contributed by atoms with Gasteiger partial charge in [0.05, 0.1) is 6.10 Å². The highest BCUT2D eigenvalue weighted by Gasteiger charge is 2.47. The molecule has 108 valence electrons. The van der Waals surface area contributed by atoms with E-state index in [1.807, 2.05) is 11.0 Å². The molecule has 0 aromatic heterocycles. The average Bonchev–Trinajstić information content (AvgIpc) is 3.27. The van der Waals surface area contributed by atoms with Crippen LogP contribution in [0, 0.1) is 11.7 Å². The summed E-state index contributed by atoms with van der Waals surface area (Å²) in [4.78, 5) is 14.3. The predicted octanol–water partition coefficient (Wildman–Crippen LogP) is 2.57. The number of ether oxygens (including phenoxy) is 1. The molecule has 1 aliphatic heterocycles. The molecule has 1 saturated carbocycles. The largest absolute Gasteiger partial charge is 0.381 e. The van der Waals surface area contributed by atoms with E-state index in [1.54, 1.807) is 19.2 Å². The molecule has 2 atom stereocenters. The highest BCUT2D eigenvalue weighted by atomic mass is 19.1. The van der Waals surface area contributed by atoms with E-state index < -0.39 is 0 Å². The number of rotatable bonds is 3. The van der Waals surface area contributed by atoms with E-state index >= 15 is 0 Å². The van der Waals surface area contributed by atoms with E-state index in [0.717, 1.165) is 32.4 Å². The molecule has 0 N–H and O–H groups in total. The zero-order valence-electron chi connectivity index (χ0n) is 11.7. The second kappa shape index (κ2) is 5.52. The van der Waals surface area contributed by atoms with Crippen molar-refractivity contribution in [3.8, 4) is 0 Å². The number of methoxy groups -OCH3 is 1. The Kier molecular flexibility index (Phi) is 3.74. The number of carbonyl (C=O) groups is 1. The number of carbonyl (C=O) groups excluding carboxylic acids is 1. The van der Waals surface area contributed by atoms with Crippen molar-refractivity contribution in [1.29, 1.82) is 0 Å². The Hall–Kier alpha value is -1.42. The van der Waals surface area contributed by atoms with E-state index in [4.69, 9.17) is 4.74 Å². The molecule has 1 aliphatic carbocycles. The summed E-state index contributed by atoms with van der Waals surface area (Å²) < 4.78 is 19.0. The van der Waals surface area contributed by atoms with Crippen LogP contribution in [0.25, 0.3) is 0 Å². The predicted molar refractivity (Wildman–Crippen MR) is 73.9 cm³/mol. The first-order valence-corrected chi connectivity index (χ1v) is 7.26. The molecule has 0 radical (unpaired) electrons. The lowest BCUT2D eigenvalue weighted by molar-refractivity contribution is -0.135. The van der Waals surface area contributed by atoms with Gasteiger partial charge < -0.3 is 9.64 Å². The van der Waals surface area contributed by atoms with Crippen LogP contribution < -0.4 is 0 Å². The summed E-state index contributed by atoms with van der Waals surface area (Å²) in [6.07, 6.45) is 2.86. The summed E-state index contributed by atoms with van der Waals surface area (Å²) in [6.45, 7) is 1.52. The lowest BCUT2D eigenvalue weighted by atomic mass is 10.1. The maximum atomic E-state index is 13.7. The first-order valence-electron chi connectivity index (χ1n) is 7.26. The van der Waals surface area contributed by atoms with Crippen molar-refractivity contribution in [3.63, 3.8) is 0 Å². The zero-order chi connectivity index (χ0) is 14.1. The van der Waals surface area contributed by atoms with E-state index in [9.17, 15) is 9.18 Å². The van der Waals surface area contributed by atoms with Gasteiger partial charge in [0.15, 0.2) is 0 Å². The van der Waals surface area contributed by atoms with Crippen LogP contribution in [0.5, 0.6) is 0 Å². The van der Waals surface area contributed by atoms with Crippen molar-refractivity contribution >= 4 is 5.91 Å². The molecule has 0 bridgehead atoms. The number of halogens is 1. The van der Waals surface area contributed by atoms with Gasteiger partial charge in [-0.2, -0.15) is 0 Å². The molecule has 3 rings (SSSR count). The van der Waals surface area contributed by atoms with Gasteiger partial charge in [-0.15, -0.1) is 0 Å². The molecule has 1 amide bonds. The summed E-state index contributed by atoms with van der Waals surface area (Å²) in [7, 11) is 1.72. The Morgan fingerprint density at radius 2 is 2.00 bits per heavy atom. The lowest BCUT2D eigenvalue weighted by Gasteiger charge is -2.31. The van der Waals surface area contributed by atoms with Gasteiger partial charge in [0, 0.05) is 26.1 Å². The Bertz CT molecular complexity index is 497. The minimum Gasteiger partial charge on any atom is -0.381 e. The van der Waals surface area contributed by atoms with Gasteiger partial charge in [0.25, 0.3) is 0 Å². The number of hydrogen-bond acceptors (Lipinski definition) is 2. The molecule has 2 unspecified atom stereocenters. The van der Waals surface area contributed by atoms with Crippen LogP contribution in [-0.2, 0) is 9.53 Å². The minimum absolute atomic E-state index is 0.0222. The molecule has 1 aromatic rings. The average molecular weight is 277 g/mol. The van der Waals surface area contributed by atoms with E-state index in [-0.39, 0.29) is 29.7 Å². The molecular formula is C16H20FNO2. The highest BCUT2D eigenvalue weighted by molar-refractivity contribution is 5.83. The third kappa shape index (κ3) is 2.57. The van der Waals surface area contributed by atoms with Crippen molar-refractivity contribution < 1.29 is 13.9 Å². The Morgan fingerprint density at radius 1 is 1.30 bits per heavy atom. The highest BCUT2D eigenvalue weighted by Crippen LogP contribution is 2.49. The number of likely N-dealkylation sites (tertiary alicyclic amines) is 1. The van der Waals surface area contributed by atoms with Crippen LogP contribution in [0.4, 0.5) is 4.39 Å². The molecule has 3 nitrogen and oxygen atoms in total. The summed E-state index contributed by atoms with van der Waals surface area (Å²) in [6, 6.07) is 6.79. The van der Waals surface area contributed by atoms with Gasteiger partial charge in [-0.3, -0.25) is 4.79 Å². The standard InChI is InChI=1S/C16H20FNO2/c1-20-11-6-8-18(9-7-11)16(19)14-10-13(14)12-4-2-3-5-15(12)17/h2-5,11,13-14H,6-10H2,1H3. The first kappa shape index (κ1) is 13.6. The van der Waals surface area contributed by atoms with E-state index in [0.29, 0.717) is 5.56 Å². The molecule has 2 aliphatic rings. The van der Waals surface area contributed by atoms with Crippen molar-refractivity contribution in [2.24, 2.45) is 5.92 Å². The third-order valence-corrected chi connectivity index (χ3v) is 4.50. The smallest absolute Gasteiger partial charge is 0.226 e. The number of amides is 1. The fourth-order valence-corrected chi connectivity index (χ4v) is 3.13. The fourth-order valence-electron chi connectivity index (χ4n) is 3.13. The van der Waals surface area contributed by atoms with Gasteiger partial charge in [-0.25, -0.2) is 4.39 Å². The molecule has 0 spiro atoms. The van der Waals surface area contributed by atoms with E-state index in [1.165, 1.54) is 6.07 Å². The third-order valence-electron chi connectivity index (χ3n) is 4.50. The van der Waals surface area contributed by atoms with Gasteiger partial charge in [-0.1, -0.05) is 18.2 Å². The monoisotopic (exact) mass is 277 g/mol. The number of hydrogen-bond donors (Lipinski definition) is 0. The molecule has 20 heavy (non-hydrogen) atoms. The van der Waals surface area contributed by atoms with Crippen LogP contribution in [0.1, 0.15) is 30.7 Å². The SMILES string of the molecule is COC1CCN(C(=O)C2CC2c2ccccc2F)CC1. The molecule has 1 heterocycles. The summed E-state index contributed by atoms with van der Waals surface area (Å²) in [5, 5.41) is 0. The summed E-state index contributed by atoms with van der Waals surface area (Å²) in [5.74, 6) is 0.0496. The maximum Gasteiger partial charge on any atom is 0.226 e. The number of benzene rings is 1. The van der Waals surface area contributed by atoms with Crippen LogP contribution >= 0.6 is 0 Å². The zero-order valence-corrected chi connectivity index (χ0v) is 11.7. The van der Waals surface area contributed by atoms with Gasteiger partial charge in [0.2, 0.25) is 5.91 Å². The molecular weight excluding hydrogens is 257 g/mol. The maximum absolute atomic E-state index is 13.7. The normalized spacial score (nSPS) is 26.6.